The molecule has 0 bridgehead atoms. The zero-order valence-electron chi connectivity index (χ0n) is 14.5. The molecule has 0 aliphatic carbocycles. The van der Waals surface area contributed by atoms with Gasteiger partial charge < -0.3 is 4.74 Å². The molecule has 1 aromatic heterocycles. The molecule has 0 fully saturated rings. The molecule has 0 amide bonds. The number of nitrogens with one attached hydrogen (secondary N) is 1. The Morgan fingerprint density at radius 2 is 2.04 bits per heavy atom. The van der Waals surface area contributed by atoms with E-state index >= 15 is 0 Å². The van der Waals surface area contributed by atoms with Crippen molar-refractivity contribution in [2.45, 2.75) is 13.8 Å². The molecule has 27 heavy (non-hydrogen) atoms. The number of aryl methyl sites for hydroxylation is 1. The van der Waals surface area contributed by atoms with Crippen molar-refractivity contribution < 1.29 is 14.9 Å². The molecule has 1 heterocycles. The Morgan fingerprint density at radius 3 is 2.67 bits per heavy atom. The number of halogens is 1. The fourth-order valence-electron chi connectivity index (χ4n) is 2.23. The zero-order valence-corrected chi connectivity index (χ0v) is 16.1. The van der Waals surface area contributed by atoms with Crippen molar-refractivity contribution in [3.63, 3.8) is 0 Å². The number of aromatic nitrogens is 1. The number of ether oxygens (including phenoxy) is 1. The second-order valence-corrected chi connectivity index (χ2v) is 6.98. The minimum atomic E-state index is -0.249. The Hall–Kier alpha value is -2.97. The Morgan fingerprint density at radius 1 is 1.30 bits per heavy atom. The lowest BCUT2D eigenvalue weighted by molar-refractivity contribution is -0.727. The second kappa shape index (κ2) is 8.15. The Labute approximate surface area is 164 Å². The van der Waals surface area contributed by atoms with E-state index in [9.17, 15) is 4.91 Å². The van der Waals surface area contributed by atoms with E-state index < -0.39 is 0 Å². The van der Waals surface area contributed by atoms with Crippen LogP contribution in [0, 0.1) is 11.8 Å². The molecule has 0 spiro atoms. The first-order valence-corrected chi connectivity index (χ1v) is 9.09. The summed E-state index contributed by atoms with van der Waals surface area (Å²) in [5.41, 5.74) is 6.46. The Kier molecular flexibility index (Phi) is 5.68. The summed E-state index contributed by atoms with van der Waals surface area (Å²) in [5.74, 6) is 0.553. The third-order valence-corrected chi connectivity index (χ3v) is 4.84. The topological polar surface area (TPSA) is 86.8 Å². The van der Waals surface area contributed by atoms with Crippen LogP contribution >= 0.6 is 22.9 Å². The van der Waals surface area contributed by atoms with Crippen molar-refractivity contribution in [1.29, 1.82) is 0 Å². The van der Waals surface area contributed by atoms with Gasteiger partial charge in [-0.05, 0) is 55.3 Å². The number of rotatable bonds is 6. The summed E-state index contributed by atoms with van der Waals surface area (Å²) in [7, 11) is 0. The number of para-hydroxylation sites is 1. The summed E-state index contributed by atoms with van der Waals surface area (Å²) in [6, 6.07) is 12.9. The third-order valence-electron chi connectivity index (χ3n) is 3.70. The van der Waals surface area contributed by atoms with Gasteiger partial charge in [0.2, 0.25) is 0 Å². The molecule has 3 aromatic rings. The lowest BCUT2D eigenvalue weighted by Crippen LogP contribution is -2.01. The van der Waals surface area contributed by atoms with E-state index in [4.69, 9.17) is 21.5 Å². The molecule has 0 saturated heterocycles. The Bertz CT molecular complexity index is 982. The molecule has 0 saturated carbocycles. The minimum absolute atomic E-state index is 0.0468. The van der Waals surface area contributed by atoms with Gasteiger partial charge in [0.05, 0.1) is 21.3 Å². The third kappa shape index (κ3) is 4.60. The molecule has 0 atom stereocenters. The number of benzene rings is 2. The van der Waals surface area contributed by atoms with E-state index in [1.165, 1.54) is 6.20 Å². The van der Waals surface area contributed by atoms with E-state index in [0.29, 0.717) is 10.8 Å². The summed E-state index contributed by atoms with van der Waals surface area (Å²) < 4.78 is 5.56. The Balaban J connectivity index is 1.69. The van der Waals surface area contributed by atoms with Crippen LogP contribution in [0.3, 0.4) is 0 Å². The standard InChI is InChI=1S/C18H16ClN4O3S/c1-11-4-3-5-15(19)17(11)22-21-12(2)13-6-8-14(9-7-13)26-18-20-10-16(27-18)23(24)25/h3-10,22H,1-2H3,(H,24,25)/q+1/b21-12+. The van der Waals surface area contributed by atoms with Crippen molar-refractivity contribution in [2.75, 3.05) is 5.43 Å². The van der Waals surface area contributed by atoms with Gasteiger partial charge in [0.1, 0.15) is 11.9 Å². The van der Waals surface area contributed by atoms with Gasteiger partial charge in [-0.3, -0.25) is 5.43 Å². The summed E-state index contributed by atoms with van der Waals surface area (Å²) in [6.45, 7) is 3.84. The normalized spacial score (nSPS) is 11.3. The van der Waals surface area contributed by atoms with Gasteiger partial charge in [-0.1, -0.05) is 23.7 Å². The van der Waals surface area contributed by atoms with Crippen LogP contribution in [0.4, 0.5) is 10.7 Å². The zero-order chi connectivity index (χ0) is 19.4. The highest BCUT2D eigenvalue weighted by Gasteiger charge is 2.17. The number of anilines is 1. The highest BCUT2D eigenvalue weighted by Crippen LogP contribution is 2.30. The lowest BCUT2D eigenvalue weighted by Gasteiger charge is -2.09. The maximum Gasteiger partial charge on any atom is 0.394 e. The molecule has 0 unspecified atom stereocenters. The van der Waals surface area contributed by atoms with Gasteiger partial charge in [-0.2, -0.15) is 5.10 Å². The first-order chi connectivity index (χ1) is 12.9. The number of hydrazone groups is 1. The minimum Gasteiger partial charge on any atom is -0.431 e. The fourth-order valence-corrected chi connectivity index (χ4v) is 3.10. The SMILES string of the molecule is C/C(=N\Nc1c(C)cccc1Cl)c1ccc(Oc2ncc([N+](=O)O)s2)cc1. The predicted molar refractivity (Wildman–Crippen MR) is 106 cm³/mol. The predicted octanol–water partition coefficient (Wildman–Crippen LogP) is 5.53. The maximum atomic E-state index is 10.8. The molecule has 0 radical (unpaired) electrons. The van der Waals surface area contributed by atoms with Crippen molar-refractivity contribution in [2.24, 2.45) is 5.10 Å². The van der Waals surface area contributed by atoms with Gasteiger partial charge in [0.25, 0.3) is 10.1 Å². The van der Waals surface area contributed by atoms with Gasteiger partial charge in [-0.15, -0.1) is 0 Å². The highest BCUT2D eigenvalue weighted by atomic mass is 35.5. The smallest absolute Gasteiger partial charge is 0.394 e. The van der Waals surface area contributed by atoms with Crippen LogP contribution in [0.2, 0.25) is 5.02 Å². The van der Waals surface area contributed by atoms with Gasteiger partial charge >= 0.3 is 5.00 Å². The molecule has 2 N–H and O–H groups in total. The monoisotopic (exact) mass is 403 g/mol. The number of thiazole rings is 1. The van der Waals surface area contributed by atoms with E-state index in [1.54, 1.807) is 18.2 Å². The quantitative estimate of drug-likeness (QED) is 0.417. The first kappa shape index (κ1) is 18.8. The van der Waals surface area contributed by atoms with E-state index in [-0.39, 0.29) is 15.1 Å². The van der Waals surface area contributed by atoms with Crippen LogP contribution in [0.5, 0.6) is 10.9 Å². The van der Waals surface area contributed by atoms with Crippen molar-refractivity contribution in [3.8, 4) is 10.9 Å². The second-order valence-electron chi connectivity index (χ2n) is 5.60. The molecule has 9 heteroatoms. The average Bonchev–Trinajstić information content (AvgIpc) is 3.10. The van der Waals surface area contributed by atoms with Crippen LogP contribution in [-0.2, 0) is 0 Å². The summed E-state index contributed by atoms with van der Waals surface area (Å²) in [6.07, 6.45) is 1.24. The van der Waals surface area contributed by atoms with Crippen LogP contribution < -0.4 is 10.2 Å². The molecule has 138 valence electrons. The molecule has 7 nitrogen and oxygen atoms in total. The highest BCUT2D eigenvalue weighted by molar-refractivity contribution is 7.16. The van der Waals surface area contributed by atoms with Gasteiger partial charge in [-0.25, -0.2) is 10.2 Å². The van der Waals surface area contributed by atoms with Crippen LogP contribution in [0.1, 0.15) is 18.1 Å². The lowest BCUT2D eigenvalue weighted by atomic mass is 10.1. The summed E-state index contributed by atoms with van der Waals surface area (Å²) in [4.78, 5) is 14.5. The molecule has 2 aromatic carbocycles. The van der Waals surface area contributed by atoms with E-state index in [2.05, 4.69) is 15.5 Å². The van der Waals surface area contributed by atoms with Crippen LogP contribution in [0.25, 0.3) is 0 Å². The van der Waals surface area contributed by atoms with Crippen molar-refractivity contribution >= 4 is 39.3 Å². The van der Waals surface area contributed by atoms with Crippen LogP contribution in [0.15, 0.2) is 53.8 Å². The van der Waals surface area contributed by atoms with Crippen LogP contribution in [-0.4, -0.2) is 20.8 Å². The number of hydrogen-bond donors (Lipinski definition) is 2. The summed E-state index contributed by atoms with van der Waals surface area (Å²) >= 11 is 7.13. The molecular weight excluding hydrogens is 388 g/mol. The van der Waals surface area contributed by atoms with Crippen molar-refractivity contribution in [3.05, 3.63) is 69.7 Å². The number of hydrogen-bond acceptors (Lipinski definition) is 6. The summed E-state index contributed by atoms with van der Waals surface area (Å²) in [5, 5.41) is 14.1. The first-order valence-electron chi connectivity index (χ1n) is 7.89. The largest absolute Gasteiger partial charge is 0.431 e. The number of nitrogens with zero attached hydrogens (tertiary/aromatic N) is 3. The molecular formula is C18H16ClN4O3S+. The molecule has 0 aliphatic heterocycles. The average molecular weight is 404 g/mol. The van der Waals surface area contributed by atoms with Gasteiger partial charge in [0.15, 0.2) is 0 Å². The van der Waals surface area contributed by atoms with E-state index in [1.807, 2.05) is 38.1 Å². The molecule has 0 aliphatic rings. The van der Waals surface area contributed by atoms with Crippen molar-refractivity contribution in [1.82, 2.24) is 4.98 Å². The van der Waals surface area contributed by atoms with E-state index in [0.717, 1.165) is 33.9 Å². The fraction of sp³-hybridized carbons (Fsp3) is 0.111. The van der Waals surface area contributed by atoms with Gasteiger partial charge in [0, 0.05) is 11.3 Å². The maximum absolute atomic E-state index is 10.8. The molecule has 3 rings (SSSR count).